The zero-order chi connectivity index (χ0) is 13.1. The Balaban J connectivity index is 2.09. The number of H-pyrrole nitrogens is 1. The third-order valence-corrected chi connectivity index (χ3v) is 2.91. The second kappa shape index (κ2) is 5.27. The Morgan fingerprint density at radius 1 is 1.33 bits per heavy atom. The van der Waals surface area contributed by atoms with Crippen LogP contribution in [0, 0.1) is 18.6 Å². The maximum atomic E-state index is 13.7. The average molecular weight is 251 g/mol. The van der Waals surface area contributed by atoms with Gasteiger partial charge in [0, 0.05) is 29.9 Å². The molecule has 0 aliphatic rings. The highest BCUT2D eigenvalue weighted by Gasteiger charge is 2.13. The molecule has 0 saturated heterocycles. The van der Waals surface area contributed by atoms with Crippen LogP contribution in [0.1, 0.15) is 29.7 Å². The van der Waals surface area contributed by atoms with E-state index in [-0.39, 0.29) is 17.7 Å². The number of aromatic amines is 1. The fourth-order valence-electron chi connectivity index (χ4n) is 1.75. The number of nitrogens with one attached hydrogen (secondary N) is 2. The summed E-state index contributed by atoms with van der Waals surface area (Å²) >= 11 is 0. The van der Waals surface area contributed by atoms with Crippen molar-refractivity contribution in [1.82, 2.24) is 15.5 Å². The van der Waals surface area contributed by atoms with Crippen molar-refractivity contribution in [3.63, 3.8) is 0 Å². The minimum Gasteiger partial charge on any atom is -0.306 e. The number of nitrogens with zero attached hydrogens (tertiary/aromatic N) is 1. The van der Waals surface area contributed by atoms with Gasteiger partial charge in [-0.2, -0.15) is 5.10 Å². The number of aryl methyl sites for hydroxylation is 1. The maximum absolute atomic E-state index is 13.7. The Bertz CT molecular complexity index is 523. The third kappa shape index (κ3) is 2.73. The Kier molecular flexibility index (Phi) is 3.72. The molecule has 2 rings (SSSR count). The van der Waals surface area contributed by atoms with Gasteiger partial charge in [-0.3, -0.25) is 5.10 Å². The highest BCUT2D eigenvalue weighted by molar-refractivity contribution is 5.27. The molecular weight excluding hydrogens is 236 g/mol. The molecule has 1 heterocycles. The lowest BCUT2D eigenvalue weighted by atomic mass is 10.0. The Labute approximate surface area is 104 Å². The quantitative estimate of drug-likeness (QED) is 0.877. The molecule has 18 heavy (non-hydrogen) atoms. The first-order valence-electron chi connectivity index (χ1n) is 5.74. The van der Waals surface area contributed by atoms with Gasteiger partial charge in [0.15, 0.2) is 0 Å². The van der Waals surface area contributed by atoms with Crippen LogP contribution in [-0.4, -0.2) is 10.2 Å². The lowest BCUT2D eigenvalue weighted by Crippen LogP contribution is -2.19. The van der Waals surface area contributed by atoms with Crippen molar-refractivity contribution in [2.75, 3.05) is 0 Å². The average Bonchev–Trinajstić information content (AvgIpc) is 2.84. The van der Waals surface area contributed by atoms with Crippen LogP contribution in [0.3, 0.4) is 0 Å². The highest BCUT2D eigenvalue weighted by atomic mass is 19.1. The van der Waals surface area contributed by atoms with E-state index in [4.69, 9.17) is 0 Å². The van der Waals surface area contributed by atoms with E-state index >= 15 is 0 Å². The zero-order valence-electron chi connectivity index (χ0n) is 10.3. The summed E-state index contributed by atoms with van der Waals surface area (Å²) in [5.74, 6) is -0.774. The lowest BCUT2D eigenvalue weighted by molar-refractivity contribution is 0.516. The number of benzene rings is 1. The molecule has 1 aromatic heterocycles. The summed E-state index contributed by atoms with van der Waals surface area (Å²) in [5, 5.41) is 9.64. The van der Waals surface area contributed by atoms with Gasteiger partial charge in [0.2, 0.25) is 0 Å². The molecule has 5 heteroatoms. The van der Waals surface area contributed by atoms with Crippen LogP contribution in [0.4, 0.5) is 8.78 Å². The number of aromatic nitrogens is 2. The second-order valence-corrected chi connectivity index (χ2v) is 4.33. The van der Waals surface area contributed by atoms with Crippen LogP contribution in [-0.2, 0) is 6.54 Å². The molecule has 96 valence electrons. The summed E-state index contributed by atoms with van der Waals surface area (Å²) in [6.07, 6.45) is 3.44. The van der Waals surface area contributed by atoms with Gasteiger partial charge in [-0.1, -0.05) is 0 Å². The molecule has 0 fully saturated rings. The molecule has 0 aliphatic carbocycles. The number of halogens is 2. The standard InChI is InChI=1S/C13H15F2N3/c1-8-3-13(15)11(4-12(8)14)9(2)16-5-10-6-17-18-7-10/h3-4,6-7,9,16H,5H2,1-2H3,(H,17,18). The van der Waals surface area contributed by atoms with Crippen LogP contribution in [0.25, 0.3) is 0 Å². The van der Waals surface area contributed by atoms with Gasteiger partial charge in [0.05, 0.1) is 6.20 Å². The highest BCUT2D eigenvalue weighted by Crippen LogP contribution is 2.20. The Morgan fingerprint density at radius 2 is 2.11 bits per heavy atom. The smallest absolute Gasteiger partial charge is 0.128 e. The molecule has 1 atom stereocenters. The van der Waals surface area contributed by atoms with Crippen molar-refractivity contribution < 1.29 is 8.78 Å². The summed E-state index contributed by atoms with van der Waals surface area (Å²) in [4.78, 5) is 0. The molecule has 3 nitrogen and oxygen atoms in total. The van der Waals surface area contributed by atoms with Gasteiger partial charge in [0.1, 0.15) is 11.6 Å². The minimum atomic E-state index is -0.388. The monoisotopic (exact) mass is 251 g/mol. The van der Waals surface area contributed by atoms with Crippen LogP contribution in [0.5, 0.6) is 0 Å². The Hall–Kier alpha value is -1.75. The molecule has 0 spiro atoms. The molecule has 1 unspecified atom stereocenters. The lowest BCUT2D eigenvalue weighted by Gasteiger charge is -2.15. The number of hydrogen-bond donors (Lipinski definition) is 2. The minimum absolute atomic E-state index is 0.269. The van der Waals surface area contributed by atoms with E-state index in [9.17, 15) is 8.78 Å². The molecule has 2 aromatic rings. The predicted molar refractivity (Wildman–Crippen MR) is 64.9 cm³/mol. The first-order chi connectivity index (χ1) is 8.58. The Morgan fingerprint density at radius 3 is 2.78 bits per heavy atom. The number of hydrogen-bond acceptors (Lipinski definition) is 2. The van der Waals surface area contributed by atoms with E-state index in [1.54, 1.807) is 26.2 Å². The molecule has 2 N–H and O–H groups in total. The summed E-state index contributed by atoms with van der Waals surface area (Å²) in [7, 11) is 0. The van der Waals surface area contributed by atoms with Crippen LogP contribution in [0.2, 0.25) is 0 Å². The maximum Gasteiger partial charge on any atom is 0.128 e. The molecule has 0 saturated carbocycles. The fraction of sp³-hybridized carbons (Fsp3) is 0.308. The summed E-state index contributed by atoms with van der Waals surface area (Å²) in [6, 6.07) is 2.20. The van der Waals surface area contributed by atoms with E-state index in [1.807, 2.05) is 0 Å². The third-order valence-electron chi connectivity index (χ3n) is 2.91. The van der Waals surface area contributed by atoms with Crippen LogP contribution >= 0.6 is 0 Å². The van der Waals surface area contributed by atoms with Gasteiger partial charge >= 0.3 is 0 Å². The first kappa shape index (κ1) is 12.7. The summed E-state index contributed by atoms with van der Waals surface area (Å²) in [6.45, 7) is 3.89. The van der Waals surface area contributed by atoms with Crippen molar-refractivity contribution in [3.8, 4) is 0 Å². The summed E-state index contributed by atoms with van der Waals surface area (Å²) in [5.41, 5.74) is 1.62. The van der Waals surface area contributed by atoms with Crippen LogP contribution < -0.4 is 5.32 Å². The van der Waals surface area contributed by atoms with Crippen molar-refractivity contribution in [1.29, 1.82) is 0 Å². The largest absolute Gasteiger partial charge is 0.306 e. The van der Waals surface area contributed by atoms with E-state index in [2.05, 4.69) is 15.5 Å². The van der Waals surface area contributed by atoms with Crippen molar-refractivity contribution in [3.05, 3.63) is 52.9 Å². The van der Waals surface area contributed by atoms with Gasteiger partial charge in [-0.25, -0.2) is 8.78 Å². The first-order valence-corrected chi connectivity index (χ1v) is 5.74. The fourth-order valence-corrected chi connectivity index (χ4v) is 1.75. The topological polar surface area (TPSA) is 40.7 Å². The molecule has 1 aromatic carbocycles. The van der Waals surface area contributed by atoms with Gasteiger partial charge in [-0.15, -0.1) is 0 Å². The predicted octanol–water partition coefficient (Wildman–Crippen LogP) is 2.85. The van der Waals surface area contributed by atoms with Crippen molar-refractivity contribution >= 4 is 0 Å². The SMILES string of the molecule is Cc1cc(F)c(C(C)NCc2cn[nH]c2)cc1F. The van der Waals surface area contributed by atoms with E-state index in [1.165, 1.54) is 12.1 Å². The zero-order valence-corrected chi connectivity index (χ0v) is 10.3. The normalized spacial score (nSPS) is 12.7. The molecular formula is C13H15F2N3. The van der Waals surface area contributed by atoms with E-state index < -0.39 is 0 Å². The number of rotatable bonds is 4. The molecule has 0 aliphatic heterocycles. The molecule has 0 radical (unpaired) electrons. The molecule has 0 amide bonds. The summed E-state index contributed by atoms with van der Waals surface area (Å²) < 4.78 is 27.1. The van der Waals surface area contributed by atoms with Crippen molar-refractivity contribution in [2.24, 2.45) is 0 Å². The van der Waals surface area contributed by atoms with E-state index in [0.29, 0.717) is 17.7 Å². The molecule has 0 bridgehead atoms. The van der Waals surface area contributed by atoms with Crippen molar-refractivity contribution in [2.45, 2.75) is 26.4 Å². The van der Waals surface area contributed by atoms with E-state index in [0.717, 1.165) is 5.56 Å². The van der Waals surface area contributed by atoms with Gasteiger partial charge in [-0.05, 0) is 31.5 Å². The van der Waals surface area contributed by atoms with Crippen LogP contribution in [0.15, 0.2) is 24.5 Å². The van der Waals surface area contributed by atoms with Gasteiger partial charge < -0.3 is 5.32 Å². The second-order valence-electron chi connectivity index (χ2n) is 4.33. The van der Waals surface area contributed by atoms with Gasteiger partial charge in [0.25, 0.3) is 0 Å².